The highest BCUT2D eigenvalue weighted by Crippen LogP contribution is 2.28. The van der Waals surface area contributed by atoms with Gasteiger partial charge in [-0.1, -0.05) is 0 Å². The van der Waals surface area contributed by atoms with E-state index in [1.807, 2.05) is 47.2 Å². The average Bonchev–Trinajstić information content (AvgIpc) is 3.16. The van der Waals surface area contributed by atoms with Gasteiger partial charge in [-0.3, -0.25) is 25.7 Å². The molecular formula is C18H15N5O5. The largest absolute Gasteiger partial charge is 0.497 e. The van der Waals surface area contributed by atoms with E-state index in [-0.39, 0.29) is 11.4 Å². The van der Waals surface area contributed by atoms with Gasteiger partial charge < -0.3 is 9.30 Å². The van der Waals surface area contributed by atoms with Crippen LogP contribution in [0.1, 0.15) is 5.69 Å². The van der Waals surface area contributed by atoms with E-state index >= 15 is 0 Å². The van der Waals surface area contributed by atoms with Crippen LogP contribution in [0.2, 0.25) is 0 Å². The van der Waals surface area contributed by atoms with Crippen LogP contribution in [0.5, 0.6) is 5.75 Å². The van der Waals surface area contributed by atoms with Gasteiger partial charge in [0.05, 0.1) is 34.9 Å². The highest BCUT2D eigenvalue weighted by Gasteiger charge is 2.19. The Labute approximate surface area is 159 Å². The number of hydrogen-bond acceptors (Lipinski definition) is 7. The van der Waals surface area contributed by atoms with Crippen molar-refractivity contribution < 1.29 is 14.6 Å². The first kappa shape index (κ1) is 18.6. The number of nitro groups is 2. The summed E-state index contributed by atoms with van der Waals surface area (Å²) in [7, 11) is 1.59. The first-order chi connectivity index (χ1) is 13.5. The second-order valence-corrected chi connectivity index (χ2v) is 5.59. The SMILES string of the molecule is COc1ccc(-n2cccc2/C=N/Nc2ccc([N+](=O)[O-])cc2[N+](=O)[O-])cc1. The van der Waals surface area contributed by atoms with E-state index in [1.54, 1.807) is 7.11 Å². The van der Waals surface area contributed by atoms with Crippen LogP contribution in [0.4, 0.5) is 17.1 Å². The fourth-order valence-corrected chi connectivity index (χ4v) is 2.52. The molecule has 28 heavy (non-hydrogen) atoms. The highest BCUT2D eigenvalue weighted by atomic mass is 16.6. The number of methoxy groups -OCH3 is 1. The summed E-state index contributed by atoms with van der Waals surface area (Å²) in [6.45, 7) is 0. The van der Waals surface area contributed by atoms with Crippen LogP contribution < -0.4 is 10.2 Å². The van der Waals surface area contributed by atoms with E-state index in [4.69, 9.17) is 4.74 Å². The molecule has 0 unspecified atom stereocenters. The summed E-state index contributed by atoms with van der Waals surface area (Å²) in [4.78, 5) is 20.6. The number of nitro benzene ring substituents is 2. The van der Waals surface area contributed by atoms with Crippen molar-refractivity contribution in [3.63, 3.8) is 0 Å². The van der Waals surface area contributed by atoms with Gasteiger partial charge >= 0.3 is 5.69 Å². The molecule has 10 heteroatoms. The van der Waals surface area contributed by atoms with Crippen LogP contribution >= 0.6 is 0 Å². The fraction of sp³-hybridized carbons (Fsp3) is 0.0556. The number of aromatic nitrogens is 1. The molecule has 0 bridgehead atoms. The van der Waals surface area contributed by atoms with Crippen LogP contribution in [0.25, 0.3) is 5.69 Å². The van der Waals surface area contributed by atoms with Gasteiger partial charge in [0.25, 0.3) is 5.69 Å². The zero-order chi connectivity index (χ0) is 20.1. The van der Waals surface area contributed by atoms with Crippen molar-refractivity contribution in [1.82, 2.24) is 4.57 Å². The summed E-state index contributed by atoms with van der Waals surface area (Å²) in [5.74, 6) is 0.735. The van der Waals surface area contributed by atoms with Crippen molar-refractivity contribution in [3.8, 4) is 11.4 Å². The Hall–Kier alpha value is -4.21. The molecule has 0 spiro atoms. The van der Waals surface area contributed by atoms with E-state index in [0.29, 0.717) is 0 Å². The Morgan fingerprint density at radius 3 is 2.46 bits per heavy atom. The lowest BCUT2D eigenvalue weighted by Crippen LogP contribution is -2.01. The van der Waals surface area contributed by atoms with Crippen LogP contribution in [-0.4, -0.2) is 27.7 Å². The van der Waals surface area contributed by atoms with Gasteiger partial charge in [-0.2, -0.15) is 5.10 Å². The Balaban J connectivity index is 1.82. The fourth-order valence-electron chi connectivity index (χ4n) is 2.52. The second kappa shape index (κ2) is 7.99. The molecule has 0 saturated carbocycles. The summed E-state index contributed by atoms with van der Waals surface area (Å²) in [6, 6.07) is 14.4. The van der Waals surface area contributed by atoms with Gasteiger partial charge in [0.1, 0.15) is 11.4 Å². The van der Waals surface area contributed by atoms with Crippen molar-refractivity contribution in [3.05, 3.63) is 86.7 Å². The zero-order valence-corrected chi connectivity index (χ0v) is 14.7. The maximum Gasteiger partial charge on any atom is 0.301 e. The smallest absolute Gasteiger partial charge is 0.301 e. The summed E-state index contributed by atoms with van der Waals surface area (Å²) < 4.78 is 7.01. The topological polar surface area (TPSA) is 125 Å². The zero-order valence-electron chi connectivity index (χ0n) is 14.7. The van der Waals surface area contributed by atoms with Gasteiger partial charge in [-0.25, -0.2) is 0 Å². The number of non-ortho nitro benzene ring substituents is 1. The number of benzene rings is 2. The van der Waals surface area contributed by atoms with Crippen molar-refractivity contribution in [1.29, 1.82) is 0 Å². The normalized spacial score (nSPS) is 10.8. The first-order valence-electron chi connectivity index (χ1n) is 8.03. The average molecular weight is 381 g/mol. The third kappa shape index (κ3) is 3.96. The van der Waals surface area contributed by atoms with E-state index in [2.05, 4.69) is 10.5 Å². The predicted octanol–water partition coefficient (Wildman–Crippen LogP) is 3.75. The Morgan fingerprint density at radius 1 is 1.07 bits per heavy atom. The Morgan fingerprint density at radius 2 is 1.82 bits per heavy atom. The van der Waals surface area contributed by atoms with Crippen LogP contribution in [-0.2, 0) is 0 Å². The number of anilines is 1. The van der Waals surface area contributed by atoms with Crippen LogP contribution in [0, 0.1) is 20.2 Å². The number of rotatable bonds is 7. The van der Waals surface area contributed by atoms with E-state index in [0.717, 1.165) is 23.2 Å². The third-order valence-electron chi connectivity index (χ3n) is 3.90. The summed E-state index contributed by atoms with van der Waals surface area (Å²) in [6.07, 6.45) is 3.34. The lowest BCUT2D eigenvalue weighted by Gasteiger charge is -2.07. The highest BCUT2D eigenvalue weighted by molar-refractivity contribution is 5.80. The minimum Gasteiger partial charge on any atom is -0.497 e. The molecule has 0 aliphatic heterocycles. The van der Waals surface area contributed by atoms with Crippen LogP contribution in [0.3, 0.4) is 0 Å². The van der Waals surface area contributed by atoms with Crippen molar-refractivity contribution >= 4 is 23.3 Å². The monoisotopic (exact) mass is 381 g/mol. The summed E-state index contributed by atoms with van der Waals surface area (Å²) in [5, 5.41) is 26.0. The first-order valence-corrected chi connectivity index (χ1v) is 8.03. The summed E-state index contributed by atoms with van der Waals surface area (Å²) >= 11 is 0. The van der Waals surface area contributed by atoms with Gasteiger partial charge in [0.15, 0.2) is 0 Å². The number of nitrogens with one attached hydrogen (secondary N) is 1. The number of nitrogens with zero attached hydrogens (tertiary/aromatic N) is 4. The van der Waals surface area contributed by atoms with Crippen molar-refractivity contribution in [2.45, 2.75) is 0 Å². The van der Waals surface area contributed by atoms with Crippen molar-refractivity contribution in [2.24, 2.45) is 5.10 Å². The molecule has 0 saturated heterocycles. The molecule has 10 nitrogen and oxygen atoms in total. The number of ether oxygens (including phenoxy) is 1. The Kier molecular flexibility index (Phi) is 5.30. The van der Waals surface area contributed by atoms with Crippen LogP contribution in [0.15, 0.2) is 65.9 Å². The third-order valence-corrected chi connectivity index (χ3v) is 3.90. The molecule has 1 heterocycles. The molecule has 0 atom stereocenters. The van der Waals surface area contributed by atoms with Gasteiger partial charge in [0.2, 0.25) is 0 Å². The molecular weight excluding hydrogens is 366 g/mol. The standard InChI is InChI=1S/C18H15N5O5/c1-28-16-7-4-13(5-8-16)21-10-2-3-15(21)12-19-20-17-9-6-14(22(24)25)11-18(17)23(26)27/h2-12,20H,1H3/b19-12+. The molecule has 0 aliphatic carbocycles. The molecule has 1 aromatic heterocycles. The number of hydrazone groups is 1. The molecule has 2 aromatic carbocycles. The minimum atomic E-state index is -0.703. The minimum absolute atomic E-state index is 0.0504. The van der Waals surface area contributed by atoms with Gasteiger partial charge in [0, 0.05) is 18.0 Å². The molecule has 1 N–H and O–H groups in total. The van der Waals surface area contributed by atoms with Gasteiger partial charge in [-0.05, 0) is 42.5 Å². The van der Waals surface area contributed by atoms with E-state index in [9.17, 15) is 20.2 Å². The molecule has 0 radical (unpaired) electrons. The molecule has 3 aromatic rings. The molecule has 0 aliphatic rings. The van der Waals surface area contributed by atoms with E-state index in [1.165, 1.54) is 18.3 Å². The molecule has 3 rings (SSSR count). The maximum atomic E-state index is 11.2. The lowest BCUT2D eigenvalue weighted by molar-refractivity contribution is -0.393. The van der Waals surface area contributed by atoms with Crippen molar-refractivity contribution in [2.75, 3.05) is 12.5 Å². The summed E-state index contributed by atoms with van der Waals surface area (Å²) in [5.41, 5.74) is 3.43. The molecule has 142 valence electrons. The van der Waals surface area contributed by atoms with E-state index < -0.39 is 15.5 Å². The molecule has 0 amide bonds. The second-order valence-electron chi connectivity index (χ2n) is 5.59. The predicted molar refractivity (Wildman–Crippen MR) is 103 cm³/mol. The van der Waals surface area contributed by atoms with Gasteiger partial charge in [-0.15, -0.1) is 0 Å². The molecule has 0 fully saturated rings. The Bertz CT molecular complexity index is 1040. The quantitative estimate of drug-likeness (QED) is 0.377. The lowest BCUT2D eigenvalue weighted by atomic mass is 10.2. The maximum absolute atomic E-state index is 11.2. The number of hydrogen-bond donors (Lipinski definition) is 1.